The van der Waals surface area contributed by atoms with Gasteiger partial charge in [-0.25, -0.2) is 0 Å². The Kier molecular flexibility index (Phi) is 4.70. The lowest BCUT2D eigenvalue weighted by atomic mass is 10.0. The Morgan fingerprint density at radius 1 is 1.30 bits per heavy atom. The zero-order chi connectivity index (χ0) is 14.8. The van der Waals surface area contributed by atoms with E-state index in [0.717, 1.165) is 36.9 Å². The summed E-state index contributed by atoms with van der Waals surface area (Å²) < 4.78 is 38.4. The van der Waals surface area contributed by atoms with Crippen LogP contribution in [-0.4, -0.2) is 18.0 Å². The highest BCUT2D eigenvalue weighted by molar-refractivity contribution is 5.39. The molecule has 0 amide bonds. The summed E-state index contributed by atoms with van der Waals surface area (Å²) in [5.74, 6) is 0. The first-order valence-corrected chi connectivity index (χ1v) is 7.11. The van der Waals surface area contributed by atoms with E-state index in [1.165, 1.54) is 12.1 Å². The number of unbranched alkanes of at least 4 members (excludes halogenated alkanes) is 2. The van der Waals surface area contributed by atoms with Crippen molar-refractivity contribution in [1.29, 1.82) is 0 Å². The summed E-state index contributed by atoms with van der Waals surface area (Å²) in [5, 5.41) is 0. The fraction of sp³-hybridized carbons (Fsp3) is 0.600. The van der Waals surface area contributed by atoms with Gasteiger partial charge in [0.05, 0.1) is 5.56 Å². The largest absolute Gasteiger partial charge is 0.416 e. The first kappa shape index (κ1) is 15.3. The molecular formula is C15H21F3N2. The molecule has 0 fully saturated rings. The van der Waals surface area contributed by atoms with E-state index in [4.69, 9.17) is 5.73 Å². The van der Waals surface area contributed by atoms with Gasteiger partial charge in [0, 0.05) is 19.1 Å². The molecule has 2 N–H and O–H groups in total. The van der Waals surface area contributed by atoms with Gasteiger partial charge < -0.3 is 5.73 Å². The van der Waals surface area contributed by atoms with Gasteiger partial charge in [-0.15, -0.1) is 0 Å². The average molecular weight is 286 g/mol. The number of hydrogen-bond donors (Lipinski definition) is 1. The molecule has 0 saturated heterocycles. The molecule has 1 aromatic carbocycles. The van der Waals surface area contributed by atoms with E-state index in [0.29, 0.717) is 13.1 Å². The van der Waals surface area contributed by atoms with Crippen molar-refractivity contribution in [3.05, 3.63) is 34.9 Å². The summed E-state index contributed by atoms with van der Waals surface area (Å²) in [5.41, 5.74) is 6.93. The fourth-order valence-electron chi connectivity index (χ4n) is 2.83. The molecule has 112 valence electrons. The van der Waals surface area contributed by atoms with Crippen molar-refractivity contribution < 1.29 is 13.2 Å². The topological polar surface area (TPSA) is 29.3 Å². The lowest BCUT2D eigenvalue weighted by molar-refractivity contribution is -0.137. The Labute approximate surface area is 117 Å². The molecule has 1 aliphatic rings. The summed E-state index contributed by atoms with van der Waals surface area (Å²) in [6.07, 6.45) is -0.957. The van der Waals surface area contributed by atoms with Crippen molar-refractivity contribution in [2.45, 2.75) is 44.9 Å². The smallest absolute Gasteiger partial charge is 0.329 e. The van der Waals surface area contributed by atoms with Gasteiger partial charge in [0.1, 0.15) is 0 Å². The number of halogens is 3. The van der Waals surface area contributed by atoms with E-state index in [2.05, 4.69) is 11.8 Å². The van der Waals surface area contributed by atoms with Gasteiger partial charge in [-0.1, -0.05) is 25.8 Å². The molecule has 1 unspecified atom stereocenters. The Hall–Kier alpha value is -1.07. The minimum absolute atomic E-state index is 0.0795. The van der Waals surface area contributed by atoms with E-state index >= 15 is 0 Å². The van der Waals surface area contributed by atoms with Crippen molar-refractivity contribution in [3.8, 4) is 0 Å². The number of benzene rings is 1. The van der Waals surface area contributed by atoms with Crippen molar-refractivity contribution in [2.75, 3.05) is 13.1 Å². The Morgan fingerprint density at radius 2 is 2.05 bits per heavy atom. The van der Waals surface area contributed by atoms with Gasteiger partial charge in [0.2, 0.25) is 0 Å². The molecule has 0 radical (unpaired) electrons. The maximum absolute atomic E-state index is 12.8. The van der Waals surface area contributed by atoms with Crippen LogP contribution in [0, 0.1) is 0 Å². The molecule has 1 aliphatic heterocycles. The molecule has 0 bridgehead atoms. The van der Waals surface area contributed by atoms with Crippen LogP contribution < -0.4 is 5.73 Å². The Bertz CT molecular complexity index is 457. The first-order chi connectivity index (χ1) is 9.47. The van der Waals surface area contributed by atoms with Gasteiger partial charge in [-0.05, 0) is 36.2 Å². The molecule has 20 heavy (non-hydrogen) atoms. The molecule has 0 spiro atoms. The lowest BCUT2D eigenvalue weighted by Gasteiger charge is -2.23. The number of alkyl halides is 3. The number of hydrogen-bond acceptors (Lipinski definition) is 2. The Morgan fingerprint density at radius 3 is 2.65 bits per heavy atom. The lowest BCUT2D eigenvalue weighted by Crippen LogP contribution is -2.28. The predicted octanol–water partition coefficient (Wildman–Crippen LogP) is 3.71. The quantitative estimate of drug-likeness (QED) is 0.836. The second kappa shape index (κ2) is 6.14. The van der Waals surface area contributed by atoms with Crippen LogP contribution in [0.2, 0.25) is 0 Å². The molecular weight excluding hydrogens is 265 g/mol. The van der Waals surface area contributed by atoms with Gasteiger partial charge >= 0.3 is 6.18 Å². The van der Waals surface area contributed by atoms with Gasteiger partial charge in [-0.2, -0.15) is 13.2 Å². The van der Waals surface area contributed by atoms with Gasteiger partial charge in [0.25, 0.3) is 0 Å². The summed E-state index contributed by atoms with van der Waals surface area (Å²) in [6.45, 7) is 4.10. The van der Waals surface area contributed by atoms with Crippen LogP contribution in [0.25, 0.3) is 0 Å². The number of nitrogens with zero attached hydrogens (tertiary/aromatic N) is 1. The van der Waals surface area contributed by atoms with Crippen LogP contribution in [0.1, 0.15) is 48.9 Å². The molecule has 2 nitrogen and oxygen atoms in total. The summed E-state index contributed by atoms with van der Waals surface area (Å²) in [4.78, 5) is 2.19. The third-order valence-electron chi connectivity index (χ3n) is 3.92. The maximum Gasteiger partial charge on any atom is 0.416 e. The van der Waals surface area contributed by atoms with Crippen molar-refractivity contribution in [1.82, 2.24) is 4.90 Å². The zero-order valence-electron chi connectivity index (χ0n) is 11.7. The standard InChI is InChI=1S/C15H21F3N2/c1-2-3-4-7-20-10-11-5-6-12(15(16,17)18)8-13(11)14(20)9-19/h5-6,8,14H,2-4,7,9-10,19H2,1H3. The molecule has 1 atom stereocenters. The molecule has 1 aromatic rings. The van der Waals surface area contributed by atoms with E-state index < -0.39 is 11.7 Å². The van der Waals surface area contributed by atoms with E-state index in [1.54, 1.807) is 6.07 Å². The zero-order valence-corrected chi connectivity index (χ0v) is 11.7. The molecule has 2 rings (SSSR count). The fourth-order valence-corrected chi connectivity index (χ4v) is 2.83. The maximum atomic E-state index is 12.8. The second-order valence-corrected chi connectivity index (χ2v) is 5.34. The van der Waals surface area contributed by atoms with Crippen LogP contribution in [0.5, 0.6) is 0 Å². The minimum atomic E-state index is -4.29. The van der Waals surface area contributed by atoms with Crippen LogP contribution in [-0.2, 0) is 12.7 Å². The number of rotatable bonds is 5. The molecule has 0 aromatic heterocycles. The van der Waals surface area contributed by atoms with Crippen LogP contribution >= 0.6 is 0 Å². The summed E-state index contributed by atoms with van der Waals surface area (Å²) in [6, 6.07) is 3.96. The number of fused-ring (bicyclic) bond motifs is 1. The third-order valence-corrected chi connectivity index (χ3v) is 3.92. The average Bonchev–Trinajstić information content (AvgIpc) is 2.74. The summed E-state index contributed by atoms with van der Waals surface area (Å²) in [7, 11) is 0. The second-order valence-electron chi connectivity index (χ2n) is 5.34. The van der Waals surface area contributed by atoms with Crippen molar-refractivity contribution in [2.24, 2.45) is 5.73 Å². The van der Waals surface area contributed by atoms with Crippen LogP contribution in [0.15, 0.2) is 18.2 Å². The molecule has 0 saturated carbocycles. The monoisotopic (exact) mass is 286 g/mol. The predicted molar refractivity (Wildman–Crippen MR) is 73.2 cm³/mol. The summed E-state index contributed by atoms with van der Waals surface area (Å²) >= 11 is 0. The van der Waals surface area contributed by atoms with Gasteiger partial charge in [0.15, 0.2) is 0 Å². The SMILES string of the molecule is CCCCCN1Cc2ccc(C(F)(F)F)cc2C1CN. The molecule has 1 heterocycles. The van der Waals surface area contributed by atoms with Gasteiger partial charge in [-0.3, -0.25) is 4.90 Å². The molecule has 0 aliphatic carbocycles. The van der Waals surface area contributed by atoms with Crippen LogP contribution in [0.3, 0.4) is 0 Å². The highest BCUT2D eigenvalue weighted by Crippen LogP contribution is 2.37. The van der Waals surface area contributed by atoms with Crippen LogP contribution in [0.4, 0.5) is 13.2 Å². The van der Waals surface area contributed by atoms with Crippen molar-refractivity contribution in [3.63, 3.8) is 0 Å². The van der Waals surface area contributed by atoms with E-state index in [-0.39, 0.29) is 6.04 Å². The normalized spacial score (nSPS) is 19.4. The molecule has 5 heteroatoms. The number of nitrogens with two attached hydrogens (primary N) is 1. The minimum Gasteiger partial charge on any atom is -0.329 e. The third kappa shape index (κ3) is 3.15. The van der Waals surface area contributed by atoms with Crippen molar-refractivity contribution >= 4 is 0 Å². The highest BCUT2D eigenvalue weighted by Gasteiger charge is 2.35. The van der Waals surface area contributed by atoms with E-state index in [1.807, 2.05) is 0 Å². The Balaban J connectivity index is 2.18. The first-order valence-electron chi connectivity index (χ1n) is 7.11. The highest BCUT2D eigenvalue weighted by atomic mass is 19.4. The van der Waals surface area contributed by atoms with E-state index in [9.17, 15) is 13.2 Å².